The fourth-order valence-corrected chi connectivity index (χ4v) is 5.79. The van der Waals surface area contributed by atoms with Crippen molar-refractivity contribution in [2.75, 3.05) is 46.1 Å². The number of nitrogens with one attached hydrogen (secondary N) is 1. The van der Waals surface area contributed by atoms with Crippen LogP contribution >= 0.6 is 0 Å². The third-order valence-electron chi connectivity index (χ3n) is 7.76. The summed E-state index contributed by atoms with van der Waals surface area (Å²) in [6, 6.07) is 0.221. The summed E-state index contributed by atoms with van der Waals surface area (Å²) >= 11 is 0. The highest BCUT2D eigenvalue weighted by atomic mass is 16.5. The second-order valence-electron chi connectivity index (χ2n) is 10.2. The minimum Gasteiger partial charge on any atom is -0.386 e. The van der Waals surface area contributed by atoms with E-state index in [4.69, 9.17) is 16.2 Å². The Morgan fingerprint density at radius 1 is 1.19 bits per heavy atom. The number of carbonyl (C=O) groups excluding carboxylic acids is 2. The van der Waals surface area contributed by atoms with Gasteiger partial charge >= 0.3 is 6.03 Å². The Kier molecular flexibility index (Phi) is 6.20. The van der Waals surface area contributed by atoms with Crippen molar-refractivity contribution in [2.45, 2.75) is 64.0 Å². The standard InChI is InChI=1S/C22H38N6O3/c1-3-9-26-11-16(18(23)24)12-27(15-26)17-4-6-21(2,7-5-17)13-28-20(30)25-19(29)22(28)8-10-31-14-22/h17H,3-15,23-24H2,1-2H3,(H,25,29,30)/t17?,21?,22-/m1/s1. The van der Waals surface area contributed by atoms with Gasteiger partial charge in [-0.15, -0.1) is 0 Å². The normalized spacial score (nSPS) is 35.2. The van der Waals surface area contributed by atoms with Gasteiger partial charge in [-0.3, -0.25) is 19.9 Å². The number of ether oxygens (including phenoxy) is 1. The maximum Gasteiger partial charge on any atom is 0.325 e. The molecule has 1 spiro atoms. The SMILES string of the molecule is CCCN1CC(=C(N)N)CN(C2CCC(C)(CN3C(=O)NC(=O)[C@]34CCOC4)CC2)C1. The van der Waals surface area contributed by atoms with Crippen LogP contribution in [0.5, 0.6) is 0 Å². The monoisotopic (exact) mass is 434 g/mol. The molecule has 4 rings (SSSR count). The summed E-state index contributed by atoms with van der Waals surface area (Å²) in [4.78, 5) is 31.8. The van der Waals surface area contributed by atoms with Crippen LogP contribution < -0.4 is 16.8 Å². The molecule has 4 fully saturated rings. The van der Waals surface area contributed by atoms with E-state index in [0.717, 1.165) is 64.0 Å². The zero-order chi connectivity index (χ0) is 22.2. The average molecular weight is 435 g/mol. The van der Waals surface area contributed by atoms with Crippen molar-refractivity contribution >= 4 is 11.9 Å². The molecule has 0 unspecified atom stereocenters. The Morgan fingerprint density at radius 3 is 2.55 bits per heavy atom. The van der Waals surface area contributed by atoms with E-state index in [1.807, 2.05) is 0 Å². The van der Waals surface area contributed by atoms with Gasteiger partial charge in [-0.05, 0) is 49.6 Å². The fraction of sp³-hybridized carbons (Fsp3) is 0.818. The van der Waals surface area contributed by atoms with Gasteiger partial charge in [-0.25, -0.2) is 4.79 Å². The van der Waals surface area contributed by atoms with Gasteiger partial charge in [0.05, 0.1) is 19.1 Å². The van der Waals surface area contributed by atoms with Crippen LogP contribution in [0.1, 0.15) is 52.4 Å². The van der Waals surface area contributed by atoms with Crippen molar-refractivity contribution in [2.24, 2.45) is 16.9 Å². The molecule has 0 aromatic heterocycles. The van der Waals surface area contributed by atoms with Gasteiger partial charge in [0.2, 0.25) is 0 Å². The van der Waals surface area contributed by atoms with E-state index >= 15 is 0 Å². The van der Waals surface area contributed by atoms with Crippen molar-refractivity contribution in [1.29, 1.82) is 0 Å². The largest absolute Gasteiger partial charge is 0.386 e. The second kappa shape index (κ2) is 8.60. The van der Waals surface area contributed by atoms with Crippen LogP contribution in [0.15, 0.2) is 11.4 Å². The van der Waals surface area contributed by atoms with E-state index in [1.165, 1.54) is 0 Å². The smallest absolute Gasteiger partial charge is 0.325 e. The van der Waals surface area contributed by atoms with E-state index in [2.05, 4.69) is 29.0 Å². The van der Waals surface area contributed by atoms with Crippen LogP contribution in [-0.2, 0) is 9.53 Å². The number of urea groups is 1. The highest BCUT2D eigenvalue weighted by Gasteiger charge is 2.56. The zero-order valence-electron chi connectivity index (χ0n) is 19.0. The third kappa shape index (κ3) is 4.27. The van der Waals surface area contributed by atoms with Gasteiger partial charge in [0, 0.05) is 38.7 Å². The molecule has 3 heterocycles. The van der Waals surface area contributed by atoms with Crippen LogP contribution in [0.2, 0.25) is 0 Å². The molecule has 9 nitrogen and oxygen atoms in total. The number of nitrogens with two attached hydrogens (primary N) is 2. The molecule has 0 aromatic carbocycles. The molecule has 0 aromatic rings. The second-order valence-corrected chi connectivity index (χ2v) is 10.2. The Balaban J connectivity index is 1.40. The molecule has 5 N–H and O–H groups in total. The highest BCUT2D eigenvalue weighted by molar-refractivity contribution is 6.07. The number of rotatable bonds is 5. The molecule has 0 radical (unpaired) electrons. The van der Waals surface area contributed by atoms with Crippen molar-refractivity contribution in [1.82, 2.24) is 20.0 Å². The topological polar surface area (TPSA) is 117 Å². The van der Waals surface area contributed by atoms with E-state index < -0.39 is 5.54 Å². The van der Waals surface area contributed by atoms with E-state index in [9.17, 15) is 9.59 Å². The zero-order valence-corrected chi connectivity index (χ0v) is 19.0. The molecule has 3 amide bonds. The first-order chi connectivity index (χ1) is 14.8. The molecule has 1 atom stereocenters. The van der Waals surface area contributed by atoms with E-state index in [1.54, 1.807) is 4.90 Å². The van der Waals surface area contributed by atoms with Crippen molar-refractivity contribution < 1.29 is 14.3 Å². The molecule has 174 valence electrons. The molecule has 3 saturated heterocycles. The first-order valence-corrected chi connectivity index (χ1v) is 11.7. The Labute approximate surface area is 185 Å². The number of carbonyl (C=O) groups is 2. The van der Waals surface area contributed by atoms with E-state index in [0.29, 0.717) is 38.0 Å². The quantitative estimate of drug-likeness (QED) is 0.547. The molecule has 31 heavy (non-hydrogen) atoms. The summed E-state index contributed by atoms with van der Waals surface area (Å²) in [5.41, 5.74) is 12.2. The summed E-state index contributed by atoms with van der Waals surface area (Å²) < 4.78 is 5.52. The van der Waals surface area contributed by atoms with Crippen molar-refractivity contribution in [3.63, 3.8) is 0 Å². The molecular formula is C22H38N6O3. The number of nitrogens with zero attached hydrogens (tertiary/aromatic N) is 3. The van der Waals surface area contributed by atoms with Crippen molar-refractivity contribution in [3.05, 3.63) is 11.4 Å². The first kappa shape index (κ1) is 22.4. The van der Waals surface area contributed by atoms with E-state index in [-0.39, 0.29) is 17.4 Å². The lowest BCUT2D eigenvalue weighted by Crippen LogP contribution is -2.55. The predicted molar refractivity (Wildman–Crippen MR) is 118 cm³/mol. The fourth-order valence-electron chi connectivity index (χ4n) is 5.79. The molecule has 9 heteroatoms. The first-order valence-electron chi connectivity index (χ1n) is 11.7. The summed E-state index contributed by atoms with van der Waals surface area (Å²) in [5, 5.41) is 2.52. The Hall–Kier alpha value is -1.84. The van der Waals surface area contributed by atoms with Crippen LogP contribution in [0.25, 0.3) is 0 Å². The lowest BCUT2D eigenvalue weighted by Gasteiger charge is -2.47. The molecule has 1 aliphatic carbocycles. The van der Waals surface area contributed by atoms with Crippen LogP contribution in [0.3, 0.4) is 0 Å². The summed E-state index contributed by atoms with van der Waals surface area (Å²) in [7, 11) is 0. The van der Waals surface area contributed by atoms with Gasteiger partial charge in [0.15, 0.2) is 0 Å². The van der Waals surface area contributed by atoms with Gasteiger partial charge in [0.25, 0.3) is 5.91 Å². The number of imide groups is 1. The maximum atomic E-state index is 12.6. The Morgan fingerprint density at radius 2 is 1.94 bits per heavy atom. The summed E-state index contributed by atoms with van der Waals surface area (Å²) in [6.07, 6.45) is 5.88. The molecule has 0 bridgehead atoms. The third-order valence-corrected chi connectivity index (χ3v) is 7.76. The molecule has 3 aliphatic heterocycles. The van der Waals surface area contributed by atoms with Gasteiger partial charge < -0.3 is 21.1 Å². The lowest BCUT2D eigenvalue weighted by atomic mass is 9.72. The lowest BCUT2D eigenvalue weighted by molar-refractivity contribution is -0.127. The highest BCUT2D eigenvalue weighted by Crippen LogP contribution is 2.42. The van der Waals surface area contributed by atoms with Gasteiger partial charge in [0.1, 0.15) is 5.54 Å². The average Bonchev–Trinajstić information content (AvgIpc) is 3.31. The molecular weight excluding hydrogens is 396 g/mol. The summed E-state index contributed by atoms with van der Waals surface area (Å²) in [5.74, 6) is 0.260. The number of hydrogen-bond acceptors (Lipinski definition) is 7. The van der Waals surface area contributed by atoms with Crippen LogP contribution in [0.4, 0.5) is 4.79 Å². The van der Waals surface area contributed by atoms with Crippen LogP contribution in [-0.4, -0.2) is 84.3 Å². The minimum atomic E-state index is -0.803. The summed E-state index contributed by atoms with van der Waals surface area (Å²) in [6.45, 7) is 9.58. The minimum absolute atomic E-state index is 0.00148. The van der Waals surface area contributed by atoms with Gasteiger partial charge in [-0.2, -0.15) is 0 Å². The molecule has 1 saturated carbocycles. The number of hydrogen-bond donors (Lipinski definition) is 3. The van der Waals surface area contributed by atoms with Crippen molar-refractivity contribution in [3.8, 4) is 0 Å². The predicted octanol–water partition coefficient (Wildman–Crippen LogP) is 0.760. The molecule has 4 aliphatic rings. The number of amides is 3. The Bertz CT molecular complexity index is 736. The van der Waals surface area contributed by atoms with Crippen LogP contribution in [0, 0.1) is 5.41 Å². The van der Waals surface area contributed by atoms with Gasteiger partial charge in [-0.1, -0.05) is 13.8 Å². The maximum absolute atomic E-state index is 12.6.